The van der Waals surface area contributed by atoms with Crippen LogP contribution in [0.15, 0.2) is 65.3 Å². The number of anilines is 2. The Bertz CT molecular complexity index is 1610. The predicted molar refractivity (Wildman–Crippen MR) is 164 cm³/mol. The van der Waals surface area contributed by atoms with Gasteiger partial charge >= 0.3 is 6.61 Å². The number of amidine groups is 1. The molecule has 1 aromatic heterocycles. The van der Waals surface area contributed by atoms with E-state index in [1.54, 1.807) is 37.1 Å². The number of likely N-dealkylation sites (N-methyl/N-ethyl adjacent to an activating group) is 1. The maximum atomic E-state index is 13.3. The summed E-state index contributed by atoms with van der Waals surface area (Å²) in [5.41, 5.74) is 2.12. The molecule has 2 heterocycles. The number of nitrogens with one attached hydrogen (secondary N) is 2. The molecule has 0 aliphatic carbocycles. The number of nitriles is 1. The van der Waals surface area contributed by atoms with Crippen molar-refractivity contribution in [3.63, 3.8) is 0 Å². The first-order valence-corrected chi connectivity index (χ1v) is 14.0. The van der Waals surface area contributed by atoms with Gasteiger partial charge in [0.05, 0.1) is 22.9 Å². The van der Waals surface area contributed by atoms with Crippen LogP contribution >= 0.6 is 11.6 Å². The second-order valence-electron chi connectivity index (χ2n) is 9.61. The number of aromatic nitrogens is 2. The van der Waals surface area contributed by atoms with E-state index in [9.17, 15) is 18.4 Å². The van der Waals surface area contributed by atoms with Gasteiger partial charge in [0.25, 0.3) is 5.91 Å². The number of carbonyl (C=O) groups is 2. The normalized spacial score (nSPS) is 14.0. The molecule has 44 heavy (non-hydrogen) atoms. The second-order valence-corrected chi connectivity index (χ2v) is 10.0. The highest BCUT2D eigenvalue weighted by Gasteiger charge is 2.25. The number of piperazine rings is 1. The van der Waals surface area contributed by atoms with Gasteiger partial charge in [-0.2, -0.15) is 19.1 Å². The van der Waals surface area contributed by atoms with E-state index in [4.69, 9.17) is 21.6 Å². The number of ether oxygens (including phenoxy) is 1. The van der Waals surface area contributed by atoms with Crippen LogP contribution in [0, 0.1) is 11.3 Å². The van der Waals surface area contributed by atoms with Crippen LogP contribution in [0.25, 0.3) is 11.3 Å². The maximum Gasteiger partial charge on any atom is 0.387 e. The molecule has 0 spiro atoms. The van der Waals surface area contributed by atoms with Crippen LogP contribution in [0.5, 0.6) is 5.75 Å². The summed E-state index contributed by atoms with van der Waals surface area (Å²) >= 11 is 6.20. The second kappa shape index (κ2) is 14.5. The van der Waals surface area contributed by atoms with E-state index < -0.39 is 12.5 Å². The zero-order valence-electron chi connectivity index (χ0n) is 24.4. The lowest BCUT2D eigenvalue weighted by molar-refractivity contribution is -0.132. The SMILES string of the molecule is C/C=C(/C(=O)Nc1cn(CC(=O)N2CCN(c3ccc(C#N)cc3)CC2)nc1-c1cc(Cl)ccc1OC(F)F)C(=NC)NC. The standard InChI is InChI=1S/C30H31ClF2N8O3/c1-4-22(28(35-2)36-3)29(43)37-24-17-41(38-27(24)23-15-20(31)7-10-25(23)44-30(32)33)18-26(42)40-13-11-39(12-14-40)21-8-5-19(16-34)6-9-21/h4-10,15,17,30H,11-14,18H2,1-3H3,(H,35,36)(H,37,43)/b22-4+. The molecule has 2 amide bonds. The smallest absolute Gasteiger partial charge is 0.387 e. The van der Waals surface area contributed by atoms with E-state index >= 15 is 0 Å². The zero-order valence-corrected chi connectivity index (χ0v) is 25.1. The van der Waals surface area contributed by atoms with E-state index in [1.165, 1.54) is 36.1 Å². The van der Waals surface area contributed by atoms with Crippen molar-refractivity contribution in [1.29, 1.82) is 5.26 Å². The Balaban J connectivity index is 1.58. The summed E-state index contributed by atoms with van der Waals surface area (Å²) in [5.74, 6) is -0.616. The van der Waals surface area contributed by atoms with Crippen molar-refractivity contribution in [2.45, 2.75) is 20.1 Å². The molecule has 1 aliphatic heterocycles. The van der Waals surface area contributed by atoms with Gasteiger partial charge in [0.2, 0.25) is 5.91 Å². The molecular formula is C30H31ClF2N8O3. The molecule has 14 heteroatoms. The minimum atomic E-state index is -3.12. The van der Waals surface area contributed by atoms with Gasteiger partial charge in [-0.25, -0.2) is 0 Å². The number of hydrogen-bond donors (Lipinski definition) is 2. The van der Waals surface area contributed by atoms with Crippen molar-refractivity contribution in [3.8, 4) is 23.1 Å². The summed E-state index contributed by atoms with van der Waals surface area (Å²) < 4.78 is 32.6. The number of carbonyl (C=O) groups excluding carboxylic acids is 2. The van der Waals surface area contributed by atoms with E-state index in [0.717, 1.165) is 5.69 Å². The molecule has 1 aliphatic rings. The quantitative estimate of drug-likeness (QED) is 0.208. The van der Waals surface area contributed by atoms with Crippen LogP contribution in [0.2, 0.25) is 5.02 Å². The average Bonchev–Trinajstić information content (AvgIpc) is 3.41. The number of aliphatic imine (C=N–C) groups is 1. The van der Waals surface area contributed by atoms with E-state index in [1.807, 2.05) is 12.1 Å². The molecule has 4 rings (SSSR count). The third kappa shape index (κ3) is 7.51. The van der Waals surface area contributed by atoms with Crippen molar-refractivity contribution < 1.29 is 23.1 Å². The van der Waals surface area contributed by atoms with Gasteiger partial charge in [0.15, 0.2) is 0 Å². The van der Waals surface area contributed by atoms with Gasteiger partial charge in [-0.15, -0.1) is 0 Å². The molecule has 1 saturated heterocycles. The number of amides is 2. The highest BCUT2D eigenvalue weighted by molar-refractivity contribution is 6.31. The van der Waals surface area contributed by atoms with Crippen LogP contribution in [-0.2, 0) is 16.1 Å². The van der Waals surface area contributed by atoms with Crippen molar-refractivity contribution >= 4 is 40.6 Å². The van der Waals surface area contributed by atoms with Crippen molar-refractivity contribution in [1.82, 2.24) is 20.0 Å². The summed E-state index contributed by atoms with van der Waals surface area (Å²) in [4.78, 5) is 34.5. The van der Waals surface area contributed by atoms with Crippen LogP contribution in [-0.4, -0.2) is 79.2 Å². The lowest BCUT2D eigenvalue weighted by atomic mass is 10.1. The minimum Gasteiger partial charge on any atom is -0.434 e. The molecule has 0 unspecified atom stereocenters. The highest BCUT2D eigenvalue weighted by Crippen LogP contribution is 2.37. The zero-order chi connectivity index (χ0) is 31.8. The van der Waals surface area contributed by atoms with Gasteiger partial charge in [-0.3, -0.25) is 19.3 Å². The van der Waals surface area contributed by atoms with Gasteiger partial charge in [0, 0.05) is 62.7 Å². The third-order valence-electron chi connectivity index (χ3n) is 6.96. The number of allylic oxidation sites excluding steroid dienone is 1. The van der Waals surface area contributed by atoms with Crippen molar-refractivity contribution in [3.05, 3.63) is 70.9 Å². The average molecular weight is 625 g/mol. The van der Waals surface area contributed by atoms with E-state index in [0.29, 0.717) is 37.6 Å². The molecule has 1 fully saturated rings. The number of nitrogens with zero attached hydrogens (tertiary/aromatic N) is 6. The Labute approximate surface area is 258 Å². The number of hydrogen-bond acceptors (Lipinski definition) is 7. The summed E-state index contributed by atoms with van der Waals surface area (Å²) in [5, 5.41) is 19.4. The molecule has 2 N–H and O–H groups in total. The maximum absolute atomic E-state index is 13.3. The van der Waals surface area contributed by atoms with Gasteiger partial charge in [-0.1, -0.05) is 17.7 Å². The Morgan fingerprint density at radius 3 is 2.48 bits per heavy atom. The van der Waals surface area contributed by atoms with Gasteiger partial charge in [0.1, 0.15) is 23.8 Å². The number of benzene rings is 2. The number of alkyl halides is 2. The molecule has 0 radical (unpaired) electrons. The van der Waals surface area contributed by atoms with Crippen LogP contribution in [0.3, 0.4) is 0 Å². The Hall–Kier alpha value is -4.96. The fourth-order valence-electron chi connectivity index (χ4n) is 4.81. The van der Waals surface area contributed by atoms with E-state index in [2.05, 4.69) is 31.7 Å². The molecule has 3 aromatic rings. The Kier molecular flexibility index (Phi) is 10.5. The van der Waals surface area contributed by atoms with Crippen molar-refractivity contribution in [2.75, 3.05) is 50.5 Å². The number of rotatable bonds is 9. The minimum absolute atomic E-state index is 0.0878. The summed E-state index contributed by atoms with van der Waals surface area (Å²) in [6.07, 6.45) is 3.03. The Morgan fingerprint density at radius 1 is 1.18 bits per heavy atom. The summed E-state index contributed by atoms with van der Waals surface area (Å²) in [7, 11) is 3.15. The first-order valence-electron chi connectivity index (χ1n) is 13.6. The largest absolute Gasteiger partial charge is 0.434 e. The highest BCUT2D eigenvalue weighted by atomic mass is 35.5. The van der Waals surface area contributed by atoms with Crippen LogP contribution in [0.4, 0.5) is 20.2 Å². The molecule has 0 atom stereocenters. The Morgan fingerprint density at radius 2 is 1.89 bits per heavy atom. The topological polar surface area (TPSA) is 128 Å². The van der Waals surface area contributed by atoms with Gasteiger partial charge < -0.3 is 25.2 Å². The molecule has 0 bridgehead atoms. The van der Waals surface area contributed by atoms with Crippen molar-refractivity contribution in [2.24, 2.45) is 4.99 Å². The number of halogens is 3. The molecular weight excluding hydrogens is 594 g/mol. The summed E-state index contributed by atoms with van der Waals surface area (Å²) in [6, 6.07) is 13.4. The lowest BCUT2D eigenvalue weighted by Crippen LogP contribution is -2.49. The first-order chi connectivity index (χ1) is 21.2. The predicted octanol–water partition coefficient (Wildman–Crippen LogP) is 4.16. The van der Waals surface area contributed by atoms with Crippen LogP contribution in [0.1, 0.15) is 12.5 Å². The molecule has 0 saturated carbocycles. The lowest BCUT2D eigenvalue weighted by Gasteiger charge is -2.36. The monoisotopic (exact) mass is 624 g/mol. The molecule has 230 valence electrons. The fourth-order valence-corrected chi connectivity index (χ4v) is 4.98. The van der Waals surface area contributed by atoms with Crippen LogP contribution < -0.4 is 20.3 Å². The summed E-state index contributed by atoms with van der Waals surface area (Å²) in [6.45, 7) is 0.509. The molecule has 11 nitrogen and oxygen atoms in total. The fraction of sp³-hybridized carbons (Fsp3) is 0.300. The third-order valence-corrected chi connectivity index (χ3v) is 7.20. The van der Waals surface area contributed by atoms with Gasteiger partial charge in [-0.05, 0) is 49.4 Å². The van der Waals surface area contributed by atoms with E-state index in [-0.39, 0.29) is 45.7 Å². The molecule has 2 aromatic carbocycles. The first kappa shape index (κ1) is 32.0.